The monoisotopic (exact) mass is 289 g/mol. The van der Waals surface area contributed by atoms with Crippen LogP contribution >= 0.6 is 23.2 Å². The molecule has 2 nitrogen and oxygen atoms in total. The zero-order valence-corrected chi connectivity index (χ0v) is 12.7. The van der Waals surface area contributed by atoms with Crippen molar-refractivity contribution < 1.29 is 4.74 Å². The van der Waals surface area contributed by atoms with Crippen LogP contribution in [0.2, 0.25) is 5.02 Å². The first kappa shape index (κ1) is 15.6. The highest BCUT2D eigenvalue weighted by Gasteiger charge is 2.13. The van der Waals surface area contributed by atoms with Crippen molar-refractivity contribution in [3.8, 4) is 5.75 Å². The van der Waals surface area contributed by atoms with E-state index < -0.39 is 0 Å². The Balaban J connectivity index is 2.68. The van der Waals surface area contributed by atoms with Crippen LogP contribution in [0.3, 0.4) is 0 Å². The molecule has 4 heteroatoms. The van der Waals surface area contributed by atoms with Gasteiger partial charge in [0.2, 0.25) is 0 Å². The molecule has 0 aromatic heterocycles. The second-order valence-corrected chi connectivity index (χ2v) is 5.48. The van der Waals surface area contributed by atoms with Gasteiger partial charge >= 0.3 is 0 Å². The molecule has 0 saturated carbocycles. The van der Waals surface area contributed by atoms with Gasteiger partial charge in [-0.2, -0.15) is 0 Å². The summed E-state index contributed by atoms with van der Waals surface area (Å²) in [6.45, 7) is 5.13. The van der Waals surface area contributed by atoms with Crippen LogP contribution in [0.15, 0.2) is 18.2 Å². The van der Waals surface area contributed by atoms with E-state index in [0.717, 1.165) is 29.3 Å². The number of alkyl halides is 1. The molecule has 1 aromatic rings. The Bertz CT molecular complexity index is 369. The first-order valence-corrected chi connectivity index (χ1v) is 7.11. The van der Waals surface area contributed by atoms with Gasteiger partial charge < -0.3 is 10.1 Å². The van der Waals surface area contributed by atoms with Gasteiger partial charge in [-0.05, 0) is 30.5 Å². The standard InChI is InChI=1S/C14H21Cl2NO/c1-10(2)13(6-7-15)17-9-11-8-12(16)4-5-14(11)18-3/h4-5,8,10,13,17H,6-7,9H2,1-3H3. The largest absolute Gasteiger partial charge is 0.496 e. The van der Waals surface area contributed by atoms with Gasteiger partial charge in [0.15, 0.2) is 0 Å². The SMILES string of the molecule is COc1ccc(Cl)cc1CNC(CCCl)C(C)C. The van der Waals surface area contributed by atoms with Crippen LogP contribution < -0.4 is 10.1 Å². The fourth-order valence-electron chi connectivity index (χ4n) is 1.92. The third kappa shape index (κ3) is 4.68. The molecule has 0 heterocycles. The highest BCUT2D eigenvalue weighted by atomic mass is 35.5. The van der Waals surface area contributed by atoms with E-state index in [1.807, 2.05) is 18.2 Å². The van der Waals surface area contributed by atoms with Crippen molar-refractivity contribution in [2.24, 2.45) is 5.92 Å². The number of hydrogen-bond donors (Lipinski definition) is 1. The Morgan fingerprint density at radius 2 is 2.06 bits per heavy atom. The summed E-state index contributed by atoms with van der Waals surface area (Å²) in [5.74, 6) is 2.08. The Labute approximate surface area is 120 Å². The first-order chi connectivity index (χ1) is 8.58. The lowest BCUT2D eigenvalue weighted by atomic mass is 10.0. The van der Waals surface area contributed by atoms with Crippen LogP contribution in [0.4, 0.5) is 0 Å². The summed E-state index contributed by atoms with van der Waals surface area (Å²) in [5.41, 5.74) is 1.07. The maximum absolute atomic E-state index is 6.01. The van der Waals surface area contributed by atoms with Gasteiger partial charge in [-0.15, -0.1) is 11.6 Å². The molecule has 0 aliphatic heterocycles. The van der Waals surface area contributed by atoms with Crippen LogP contribution in [0.5, 0.6) is 5.75 Å². The highest BCUT2D eigenvalue weighted by Crippen LogP contribution is 2.23. The minimum atomic E-state index is 0.409. The number of hydrogen-bond acceptors (Lipinski definition) is 2. The van der Waals surface area contributed by atoms with Gasteiger partial charge in [-0.3, -0.25) is 0 Å². The van der Waals surface area contributed by atoms with Crippen LogP contribution in [-0.2, 0) is 6.54 Å². The third-order valence-corrected chi connectivity index (χ3v) is 3.48. The highest BCUT2D eigenvalue weighted by molar-refractivity contribution is 6.30. The second kappa shape index (κ2) is 7.88. The van der Waals surface area contributed by atoms with Gasteiger partial charge in [-0.25, -0.2) is 0 Å². The average molecular weight is 290 g/mol. The van der Waals surface area contributed by atoms with E-state index >= 15 is 0 Å². The summed E-state index contributed by atoms with van der Waals surface area (Å²) in [4.78, 5) is 0. The summed E-state index contributed by atoms with van der Waals surface area (Å²) in [6.07, 6.45) is 0.960. The number of methoxy groups -OCH3 is 1. The zero-order chi connectivity index (χ0) is 13.5. The van der Waals surface area contributed by atoms with Gasteiger partial charge in [0, 0.05) is 29.1 Å². The Hall–Kier alpha value is -0.440. The summed E-state index contributed by atoms with van der Waals surface area (Å²) in [5, 5.41) is 4.24. The second-order valence-electron chi connectivity index (χ2n) is 4.67. The van der Waals surface area contributed by atoms with Crippen molar-refractivity contribution in [3.05, 3.63) is 28.8 Å². The van der Waals surface area contributed by atoms with Crippen molar-refractivity contribution in [1.82, 2.24) is 5.32 Å². The molecule has 1 rings (SSSR count). The summed E-state index contributed by atoms with van der Waals surface area (Å²) in [6, 6.07) is 6.07. The molecule has 102 valence electrons. The first-order valence-electron chi connectivity index (χ1n) is 6.20. The Morgan fingerprint density at radius 1 is 1.33 bits per heavy atom. The van der Waals surface area contributed by atoms with Gasteiger partial charge in [0.05, 0.1) is 7.11 Å². The van der Waals surface area contributed by atoms with Gasteiger partial charge in [-0.1, -0.05) is 25.4 Å². The summed E-state index contributed by atoms with van der Waals surface area (Å²) < 4.78 is 5.33. The molecule has 0 saturated heterocycles. The van der Waals surface area contributed by atoms with E-state index in [-0.39, 0.29) is 0 Å². The molecule has 1 aromatic carbocycles. The molecule has 0 bridgehead atoms. The third-order valence-electron chi connectivity index (χ3n) is 3.02. The van der Waals surface area contributed by atoms with Crippen LogP contribution in [0, 0.1) is 5.92 Å². The summed E-state index contributed by atoms with van der Waals surface area (Å²) in [7, 11) is 1.67. The molecule has 1 N–H and O–H groups in total. The molecule has 0 spiro atoms. The average Bonchev–Trinajstić information content (AvgIpc) is 2.34. The molecule has 0 amide bonds. The van der Waals surface area contributed by atoms with Crippen molar-refractivity contribution in [2.75, 3.05) is 13.0 Å². The number of nitrogens with one attached hydrogen (secondary N) is 1. The predicted octanol–water partition coefficient (Wildman–Crippen LogP) is 4.09. The van der Waals surface area contributed by atoms with Crippen LogP contribution in [0.1, 0.15) is 25.8 Å². The van der Waals surface area contributed by atoms with E-state index in [1.165, 1.54) is 0 Å². The van der Waals surface area contributed by atoms with Crippen LogP contribution in [0.25, 0.3) is 0 Å². The molecular formula is C14H21Cl2NO. The zero-order valence-electron chi connectivity index (χ0n) is 11.2. The molecule has 1 atom stereocenters. The smallest absolute Gasteiger partial charge is 0.123 e. The maximum Gasteiger partial charge on any atom is 0.123 e. The Kier molecular flexibility index (Phi) is 6.83. The van der Waals surface area contributed by atoms with Crippen molar-refractivity contribution in [3.63, 3.8) is 0 Å². The molecule has 0 radical (unpaired) electrons. The molecular weight excluding hydrogens is 269 g/mol. The van der Waals surface area contributed by atoms with Gasteiger partial charge in [0.1, 0.15) is 5.75 Å². The van der Waals surface area contributed by atoms with Gasteiger partial charge in [0.25, 0.3) is 0 Å². The van der Waals surface area contributed by atoms with E-state index in [9.17, 15) is 0 Å². The fourth-order valence-corrected chi connectivity index (χ4v) is 2.34. The lowest BCUT2D eigenvalue weighted by molar-refractivity contribution is 0.376. The molecule has 0 fully saturated rings. The molecule has 0 aliphatic rings. The van der Waals surface area contributed by atoms with Crippen molar-refractivity contribution in [1.29, 1.82) is 0 Å². The molecule has 1 unspecified atom stereocenters. The van der Waals surface area contributed by atoms with Crippen molar-refractivity contribution in [2.45, 2.75) is 32.9 Å². The maximum atomic E-state index is 6.01. The van der Waals surface area contributed by atoms with E-state index in [2.05, 4.69) is 19.2 Å². The minimum absolute atomic E-state index is 0.409. The van der Waals surface area contributed by atoms with E-state index in [1.54, 1.807) is 7.11 Å². The number of benzene rings is 1. The number of ether oxygens (including phenoxy) is 1. The minimum Gasteiger partial charge on any atom is -0.496 e. The lowest BCUT2D eigenvalue weighted by Crippen LogP contribution is -2.33. The topological polar surface area (TPSA) is 21.3 Å². The van der Waals surface area contributed by atoms with E-state index in [0.29, 0.717) is 17.8 Å². The fraction of sp³-hybridized carbons (Fsp3) is 0.571. The van der Waals surface area contributed by atoms with Crippen molar-refractivity contribution >= 4 is 23.2 Å². The molecule has 0 aliphatic carbocycles. The predicted molar refractivity (Wildman–Crippen MR) is 78.8 cm³/mol. The molecule has 18 heavy (non-hydrogen) atoms. The number of halogens is 2. The van der Waals surface area contributed by atoms with Crippen LogP contribution in [-0.4, -0.2) is 19.0 Å². The van der Waals surface area contributed by atoms with E-state index in [4.69, 9.17) is 27.9 Å². The Morgan fingerprint density at radius 3 is 2.61 bits per heavy atom. The normalized spacial score (nSPS) is 12.8. The number of rotatable bonds is 7. The quantitative estimate of drug-likeness (QED) is 0.764. The lowest BCUT2D eigenvalue weighted by Gasteiger charge is -2.22. The summed E-state index contributed by atoms with van der Waals surface area (Å²) >= 11 is 11.8.